The molecule has 1 rings (SSSR count). The van der Waals surface area contributed by atoms with E-state index in [9.17, 15) is 9.59 Å². The van der Waals surface area contributed by atoms with E-state index in [1.54, 1.807) is 20.8 Å². The fourth-order valence-electron chi connectivity index (χ4n) is 1.31. The first kappa shape index (κ1) is 13.8. The molecule has 1 heterocycles. The number of aliphatic carboxylic acids is 1. The smallest absolute Gasteiger partial charge is 0.326 e. The molecule has 1 aromatic rings. The van der Waals surface area contributed by atoms with Gasteiger partial charge < -0.3 is 14.8 Å². The number of carboxylic acids is 1. The topological polar surface area (TPSA) is 79.5 Å². The van der Waals surface area contributed by atoms with Crippen molar-refractivity contribution in [2.24, 2.45) is 5.41 Å². The number of furan rings is 1. The van der Waals surface area contributed by atoms with Gasteiger partial charge in [-0.1, -0.05) is 20.8 Å². The van der Waals surface area contributed by atoms with Gasteiger partial charge in [0.1, 0.15) is 6.04 Å². The summed E-state index contributed by atoms with van der Waals surface area (Å²) in [6, 6.07) is 0.512. The third-order valence-electron chi connectivity index (χ3n) is 2.25. The lowest BCUT2D eigenvalue weighted by atomic mass is 9.86. The van der Waals surface area contributed by atoms with E-state index in [1.807, 2.05) is 0 Å². The molecule has 1 amide bonds. The number of nitrogens with one attached hydrogen (secondary N) is 1. The Labute approximate surface area is 107 Å². The molecule has 17 heavy (non-hydrogen) atoms. The molecule has 0 aromatic carbocycles. The van der Waals surface area contributed by atoms with Gasteiger partial charge in [0.05, 0.1) is 11.8 Å². The zero-order valence-electron chi connectivity index (χ0n) is 9.78. The van der Waals surface area contributed by atoms with Gasteiger partial charge in [0.2, 0.25) is 0 Å². The number of carbonyl (C=O) groups excluding carboxylic acids is 1. The largest absolute Gasteiger partial charge is 0.480 e. The van der Waals surface area contributed by atoms with Crippen LogP contribution in [0.4, 0.5) is 0 Å². The monoisotopic (exact) mass is 303 g/mol. The lowest BCUT2D eigenvalue weighted by Crippen LogP contribution is -2.49. The molecule has 0 bridgehead atoms. The van der Waals surface area contributed by atoms with Gasteiger partial charge in [-0.2, -0.15) is 0 Å². The first-order valence-electron chi connectivity index (χ1n) is 5.00. The minimum absolute atomic E-state index is 0.278. The zero-order chi connectivity index (χ0) is 13.2. The van der Waals surface area contributed by atoms with Crippen molar-refractivity contribution < 1.29 is 19.1 Å². The molecule has 5 nitrogen and oxygen atoms in total. The zero-order valence-corrected chi connectivity index (χ0v) is 11.4. The van der Waals surface area contributed by atoms with Crippen molar-refractivity contribution >= 4 is 27.8 Å². The van der Waals surface area contributed by atoms with Crippen LogP contribution in [0.25, 0.3) is 0 Å². The molecule has 0 saturated carbocycles. The van der Waals surface area contributed by atoms with Crippen LogP contribution >= 0.6 is 15.9 Å². The Morgan fingerprint density at radius 3 is 2.41 bits per heavy atom. The minimum atomic E-state index is -1.06. The molecule has 94 valence electrons. The molecular formula is C11H14BrNO4. The molecule has 0 aliphatic carbocycles. The fraction of sp³-hybridized carbons (Fsp3) is 0.455. The third kappa shape index (κ3) is 3.33. The van der Waals surface area contributed by atoms with E-state index < -0.39 is 23.3 Å². The van der Waals surface area contributed by atoms with Crippen molar-refractivity contribution in [3.8, 4) is 0 Å². The molecule has 0 aliphatic heterocycles. The van der Waals surface area contributed by atoms with Crippen molar-refractivity contribution in [3.05, 3.63) is 22.6 Å². The van der Waals surface area contributed by atoms with Gasteiger partial charge in [-0.25, -0.2) is 4.79 Å². The number of hydrogen-bond acceptors (Lipinski definition) is 3. The first-order chi connectivity index (χ1) is 7.73. The molecule has 0 fully saturated rings. The van der Waals surface area contributed by atoms with Gasteiger partial charge in [0.25, 0.3) is 5.91 Å². The molecule has 1 atom stereocenters. The first-order valence-corrected chi connectivity index (χ1v) is 5.79. The average Bonchev–Trinajstić information content (AvgIpc) is 2.58. The summed E-state index contributed by atoms with van der Waals surface area (Å²) < 4.78 is 5.21. The molecule has 1 aromatic heterocycles. The summed E-state index contributed by atoms with van der Waals surface area (Å²) in [5.41, 5.74) is -0.293. The number of carboxylic acid groups (broad SMARTS) is 1. The number of hydrogen-bond donors (Lipinski definition) is 2. The van der Waals surface area contributed by atoms with Crippen LogP contribution in [0.15, 0.2) is 21.4 Å². The SMILES string of the molecule is CC(C)(C)C(NC(=O)c1ccoc1Br)C(=O)O. The molecule has 0 radical (unpaired) electrons. The van der Waals surface area contributed by atoms with Crippen LogP contribution in [0.2, 0.25) is 0 Å². The van der Waals surface area contributed by atoms with E-state index in [-0.39, 0.29) is 10.2 Å². The third-order valence-corrected chi connectivity index (χ3v) is 2.87. The summed E-state index contributed by atoms with van der Waals surface area (Å²) in [5.74, 6) is -1.54. The van der Waals surface area contributed by atoms with Crippen LogP contribution in [0.1, 0.15) is 31.1 Å². The maximum atomic E-state index is 11.8. The predicted octanol–water partition coefficient (Wildman–Crippen LogP) is 2.27. The van der Waals surface area contributed by atoms with E-state index in [0.717, 1.165) is 0 Å². The lowest BCUT2D eigenvalue weighted by Gasteiger charge is -2.27. The van der Waals surface area contributed by atoms with E-state index in [4.69, 9.17) is 9.52 Å². The Balaban J connectivity index is 2.86. The summed E-state index contributed by atoms with van der Waals surface area (Å²) >= 11 is 3.07. The van der Waals surface area contributed by atoms with Gasteiger partial charge in [0, 0.05) is 0 Å². The summed E-state index contributed by atoms with van der Waals surface area (Å²) in [6.07, 6.45) is 1.35. The van der Waals surface area contributed by atoms with Crippen LogP contribution in [0, 0.1) is 5.41 Å². The van der Waals surface area contributed by atoms with Gasteiger partial charge >= 0.3 is 5.97 Å². The highest BCUT2D eigenvalue weighted by atomic mass is 79.9. The van der Waals surface area contributed by atoms with Crippen molar-refractivity contribution in [1.82, 2.24) is 5.32 Å². The number of amides is 1. The van der Waals surface area contributed by atoms with Gasteiger partial charge in [-0.15, -0.1) is 0 Å². The molecule has 0 aliphatic rings. The second-order valence-electron chi connectivity index (χ2n) is 4.72. The summed E-state index contributed by atoms with van der Waals surface area (Å²) in [6.45, 7) is 5.24. The Kier molecular flexibility index (Phi) is 3.98. The van der Waals surface area contributed by atoms with Crippen LogP contribution in [0.3, 0.4) is 0 Å². The standard InChI is InChI=1S/C11H14BrNO4/c1-11(2,3)7(10(15)16)13-9(14)6-4-5-17-8(6)12/h4-5,7H,1-3H3,(H,13,14)(H,15,16). The van der Waals surface area contributed by atoms with E-state index in [2.05, 4.69) is 21.2 Å². The summed E-state index contributed by atoms with van der Waals surface area (Å²) in [7, 11) is 0. The highest BCUT2D eigenvalue weighted by Gasteiger charge is 2.33. The highest BCUT2D eigenvalue weighted by Crippen LogP contribution is 2.22. The molecular weight excluding hydrogens is 290 g/mol. The van der Waals surface area contributed by atoms with E-state index >= 15 is 0 Å². The molecule has 1 unspecified atom stereocenters. The van der Waals surface area contributed by atoms with E-state index in [0.29, 0.717) is 0 Å². The average molecular weight is 304 g/mol. The van der Waals surface area contributed by atoms with Gasteiger partial charge in [-0.3, -0.25) is 4.79 Å². The van der Waals surface area contributed by atoms with E-state index in [1.165, 1.54) is 12.3 Å². The van der Waals surface area contributed by atoms with Crippen molar-refractivity contribution in [1.29, 1.82) is 0 Å². The predicted molar refractivity (Wildman–Crippen MR) is 64.8 cm³/mol. The van der Waals surface area contributed by atoms with Crippen molar-refractivity contribution in [3.63, 3.8) is 0 Å². The van der Waals surface area contributed by atoms with Crippen LogP contribution < -0.4 is 5.32 Å². The maximum Gasteiger partial charge on any atom is 0.326 e. The van der Waals surface area contributed by atoms with Crippen LogP contribution in [-0.4, -0.2) is 23.0 Å². The van der Waals surface area contributed by atoms with Crippen LogP contribution in [0.5, 0.6) is 0 Å². The minimum Gasteiger partial charge on any atom is -0.480 e. The molecule has 2 N–H and O–H groups in total. The quantitative estimate of drug-likeness (QED) is 0.898. The maximum absolute atomic E-state index is 11.8. The Hall–Kier alpha value is -1.30. The molecule has 0 spiro atoms. The summed E-state index contributed by atoms with van der Waals surface area (Å²) in [4.78, 5) is 22.9. The summed E-state index contributed by atoms with van der Waals surface area (Å²) in [5, 5.41) is 11.5. The Morgan fingerprint density at radius 2 is 2.06 bits per heavy atom. The normalized spacial score (nSPS) is 13.2. The van der Waals surface area contributed by atoms with Crippen molar-refractivity contribution in [2.75, 3.05) is 0 Å². The molecule has 6 heteroatoms. The van der Waals surface area contributed by atoms with Crippen molar-refractivity contribution in [2.45, 2.75) is 26.8 Å². The van der Waals surface area contributed by atoms with Gasteiger partial charge in [0.15, 0.2) is 4.67 Å². The number of halogens is 1. The number of carbonyl (C=O) groups is 2. The highest BCUT2D eigenvalue weighted by molar-refractivity contribution is 9.10. The van der Waals surface area contributed by atoms with Gasteiger partial charge in [-0.05, 0) is 27.4 Å². The second kappa shape index (κ2) is 4.91. The Bertz CT molecular complexity index is 433. The second-order valence-corrected chi connectivity index (χ2v) is 5.44. The number of rotatable bonds is 3. The fourth-order valence-corrected chi connectivity index (χ4v) is 1.73. The lowest BCUT2D eigenvalue weighted by molar-refractivity contribution is -0.142. The Morgan fingerprint density at radius 1 is 1.47 bits per heavy atom. The molecule has 0 saturated heterocycles. The van der Waals surface area contributed by atoms with Crippen LogP contribution in [-0.2, 0) is 4.79 Å².